The van der Waals surface area contributed by atoms with Gasteiger partial charge in [0.2, 0.25) is 5.91 Å². The predicted molar refractivity (Wildman–Crippen MR) is 90.6 cm³/mol. The van der Waals surface area contributed by atoms with Gasteiger partial charge in [0.1, 0.15) is 0 Å². The lowest BCUT2D eigenvalue weighted by molar-refractivity contribution is -0.159. The fraction of sp³-hybridized carbons (Fsp3) is 0.895. The molecule has 0 aromatic rings. The third-order valence-electron chi connectivity index (χ3n) is 6.65. The maximum absolute atomic E-state index is 12.7. The van der Waals surface area contributed by atoms with Crippen LogP contribution in [0.5, 0.6) is 0 Å². The van der Waals surface area contributed by atoms with Gasteiger partial charge in [0.25, 0.3) is 0 Å². The fourth-order valence-corrected chi connectivity index (χ4v) is 5.21. The van der Waals surface area contributed by atoms with E-state index in [2.05, 4.69) is 5.32 Å². The summed E-state index contributed by atoms with van der Waals surface area (Å²) < 4.78 is 5.95. The molecular weight excluding hydrogens is 306 g/mol. The quantitative estimate of drug-likeness (QED) is 0.808. The summed E-state index contributed by atoms with van der Waals surface area (Å²) in [5.74, 6) is -1.16. The fourth-order valence-electron chi connectivity index (χ4n) is 5.21. The van der Waals surface area contributed by atoms with Gasteiger partial charge < -0.3 is 15.2 Å². The first-order valence-corrected chi connectivity index (χ1v) is 9.71. The van der Waals surface area contributed by atoms with Crippen molar-refractivity contribution in [2.75, 3.05) is 6.61 Å². The van der Waals surface area contributed by atoms with E-state index in [1.54, 1.807) is 0 Å². The highest BCUT2D eigenvalue weighted by atomic mass is 16.5. The number of carboxylic acids is 1. The van der Waals surface area contributed by atoms with Crippen LogP contribution in [0.25, 0.3) is 0 Å². The number of amides is 1. The van der Waals surface area contributed by atoms with Crippen molar-refractivity contribution in [3.8, 4) is 0 Å². The molecule has 0 aromatic heterocycles. The molecule has 0 heterocycles. The predicted octanol–water partition coefficient (Wildman–Crippen LogP) is 3.12. The van der Waals surface area contributed by atoms with E-state index in [1.165, 1.54) is 19.3 Å². The Morgan fingerprint density at radius 2 is 1.79 bits per heavy atom. The minimum Gasteiger partial charge on any atom is -0.481 e. The van der Waals surface area contributed by atoms with Gasteiger partial charge in [-0.3, -0.25) is 9.59 Å². The third kappa shape index (κ3) is 3.32. The molecule has 0 radical (unpaired) electrons. The van der Waals surface area contributed by atoms with Crippen molar-refractivity contribution >= 4 is 11.9 Å². The summed E-state index contributed by atoms with van der Waals surface area (Å²) in [6, 6.07) is 0.215. The second kappa shape index (κ2) is 7.42. The molecule has 3 rings (SSSR count). The molecule has 3 fully saturated rings. The normalized spacial score (nSPS) is 35.2. The Balaban J connectivity index is 1.60. The number of hydrogen-bond acceptors (Lipinski definition) is 3. The zero-order valence-electron chi connectivity index (χ0n) is 14.8. The highest BCUT2D eigenvalue weighted by Crippen LogP contribution is 2.53. The molecule has 0 aromatic carbocycles. The first-order valence-electron chi connectivity index (χ1n) is 9.71. The van der Waals surface area contributed by atoms with E-state index in [0.717, 1.165) is 38.7 Å². The summed E-state index contributed by atoms with van der Waals surface area (Å²) >= 11 is 0. The van der Waals surface area contributed by atoms with Crippen LogP contribution in [0.4, 0.5) is 0 Å². The van der Waals surface area contributed by atoms with Crippen molar-refractivity contribution in [1.29, 1.82) is 0 Å². The minimum atomic E-state index is -0.753. The number of rotatable bonds is 5. The second-order valence-electron chi connectivity index (χ2n) is 7.93. The lowest BCUT2D eigenvalue weighted by Gasteiger charge is -2.57. The van der Waals surface area contributed by atoms with Crippen LogP contribution in [0.2, 0.25) is 0 Å². The van der Waals surface area contributed by atoms with E-state index >= 15 is 0 Å². The van der Waals surface area contributed by atoms with Crippen LogP contribution in [0.15, 0.2) is 0 Å². The van der Waals surface area contributed by atoms with Crippen molar-refractivity contribution in [1.82, 2.24) is 5.32 Å². The van der Waals surface area contributed by atoms with Crippen LogP contribution in [-0.2, 0) is 14.3 Å². The van der Waals surface area contributed by atoms with Crippen molar-refractivity contribution in [3.05, 3.63) is 0 Å². The average Bonchev–Trinajstić information content (AvgIpc) is 2.61. The molecule has 1 amide bonds. The van der Waals surface area contributed by atoms with Gasteiger partial charge in [-0.1, -0.05) is 25.7 Å². The molecule has 2 N–H and O–H groups in total. The molecule has 0 saturated heterocycles. The summed E-state index contributed by atoms with van der Waals surface area (Å²) in [6.07, 6.45) is 10.1. The van der Waals surface area contributed by atoms with Gasteiger partial charge in [0.15, 0.2) is 0 Å². The van der Waals surface area contributed by atoms with Gasteiger partial charge >= 0.3 is 5.97 Å². The van der Waals surface area contributed by atoms with Crippen LogP contribution >= 0.6 is 0 Å². The topological polar surface area (TPSA) is 75.6 Å². The zero-order chi connectivity index (χ0) is 17.2. The van der Waals surface area contributed by atoms with Crippen LogP contribution in [0.3, 0.4) is 0 Å². The molecule has 1 spiro atoms. The summed E-state index contributed by atoms with van der Waals surface area (Å²) in [4.78, 5) is 23.9. The van der Waals surface area contributed by atoms with Gasteiger partial charge in [-0.15, -0.1) is 0 Å². The van der Waals surface area contributed by atoms with Gasteiger partial charge in [-0.05, 0) is 45.4 Å². The van der Waals surface area contributed by atoms with E-state index < -0.39 is 5.97 Å². The van der Waals surface area contributed by atoms with Crippen molar-refractivity contribution < 1.29 is 19.4 Å². The second-order valence-corrected chi connectivity index (χ2v) is 7.93. The molecule has 4 atom stereocenters. The van der Waals surface area contributed by atoms with E-state index in [-0.39, 0.29) is 35.3 Å². The molecule has 24 heavy (non-hydrogen) atoms. The number of ether oxygens (including phenoxy) is 1. The average molecular weight is 337 g/mol. The number of carbonyl (C=O) groups is 2. The standard InChI is InChI=1S/C19H31NO4/c1-2-24-16-12-15(19(16)9-4-3-5-10-19)20-17(21)13-7-6-8-14(11-13)18(22)23/h13-16H,2-12H2,1H3,(H,20,21)(H,22,23). The van der Waals surface area contributed by atoms with Crippen molar-refractivity contribution in [2.45, 2.75) is 83.3 Å². The molecule has 3 saturated carbocycles. The molecule has 5 nitrogen and oxygen atoms in total. The van der Waals surface area contributed by atoms with E-state index in [1.807, 2.05) is 6.92 Å². The molecule has 0 bridgehead atoms. The van der Waals surface area contributed by atoms with E-state index in [4.69, 9.17) is 4.74 Å². The zero-order valence-corrected chi connectivity index (χ0v) is 14.8. The van der Waals surface area contributed by atoms with Gasteiger partial charge in [-0.2, -0.15) is 0 Å². The maximum Gasteiger partial charge on any atom is 0.306 e. The SMILES string of the molecule is CCOC1CC(NC(=O)C2CCCC(C(=O)O)C2)C12CCCCC2. The van der Waals surface area contributed by atoms with Gasteiger partial charge in [0.05, 0.1) is 12.0 Å². The van der Waals surface area contributed by atoms with Crippen LogP contribution in [-0.4, -0.2) is 35.7 Å². The lowest BCUT2D eigenvalue weighted by atomic mass is 9.55. The lowest BCUT2D eigenvalue weighted by Crippen LogP contribution is -2.66. The number of carbonyl (C=O) groups excluding carboxylic acids is 1. The van der Waals surface area contributed by atoms with E-state index in [9.17, 15) is 14.7 Å². The maximum atomic E-state index is 12.7. The Morgan fingerprint density at radius 3 is 2.46 bits per heavy atom. The number of carboxylic acid groups (broad SMARTS) is 1. The summed E-state index contributed by atoms with van der Waals surface area (Å²) in [6.45, 7) is 2.77. The Kier molecular flexibility index (Phi) is 5.48. The van der Waals surface area contributed by atoms with Crippen molar-refractivity contribution in [3.63, 3.8) is 0 Å². The molecule has 3 aliphatic rings. The first-order chi connectivity index (χ1) is 11.6. The van der Waals surface area contributed by atoms with Gasteiger partial charge in [-0.25, -0.2) is 0 Å². The Hall–Kier alpha value is -1.10. The van der Waals surface area contributed by atoms with Crippen LogP contribution in [0, 0.1) is 17.3 Å². The van der Waals surface area contributed by atoms with E-state index in [0.29, 0.717) is 12.8 Å². The molecule has 3 aliphatic carbocycles. The minimum absolute atomic E-state index is 0.0749. The molecular formula is C19H31NO4. The van der Waals surface area contributed by atoms with Gasteiger partial charge in [0, 0.05) is 24.0 Å². The Labute approximate surface area is 144 Å². The monoisotopic (exact) mass is 337 g/mol. The summed E-state index contributed by atoms with van der Waals surface area (Å²) in [5, 5.41) is 12.5. The number of aliphatic carboxylic acids is 1. The highest BCUT2D eigenvalue weighted by molar-refractivity contribution is 5.80. The summed E-state index contributed by atoms with van der Waals surface area (Å²) in [5.41, 5.74) is 0.130. The Bertz CT molecular complexity index is 472. The highest BCUT2D eigenvalue weighted by Gasteiger charge is 2.56. The van der Waals surface area contributed by atoms with Crippen LogP contribution < -0.4 is 5.32 Å². The third-order valence-corrected chi connectivity index (χ3v) is 6.65. The molecule has 4 unspecified atom stereocenters. The molecule has 0 aliphatic heterocycles. The molecule has 5 heteroatoms. The first kappa shape index (κ1) is 17.7. The smallest absolute Gasteiger partial charge is 0.306 e. The number of nitrogens with one attached hydrogen (secondary N) is 1. The summed E-state index contributed by atoms with van der Waals surface area (Å²) in [7, 11) is 0. The number of hydrogen-bond donors (Lipinski definition) is 2. The Morgan fingerprint density at radius 1 is 1.08 bits per heavy atom. The largest absolute Gasteiger partial charge is 0.481 e. The van der Waals surface area contributed by atoms with Crippen molar-refractivity contribution in [2.24, 2.45) is 17.3 Å². The molecule has 136 valence electrons. The van der Waals surface area contributed by atoms with Crippen LogP contribution in [0.1, 0.15) is 71.1 Å².